The average Bonchev–Trinajstić information content (AvgIpc) is 3.99. The van der Waals surface area contributed by atoms with E-state index in [0.29, 0.717) is 44.2 Å². The fourth-order valence-corrected chi connectivity index (χ4v) is 15.4. The molecule has 408 valence electrons. The number of hydrogen-bond acceptors (Lipinski definition) is 8. The molecule has 11 nitrogen and oxygen atoms in total. The minimum absolute atomic E-state index is 0.0277. The number of esters is 1. The first kappa shape index (κ1) is 55.9. The monoisotopic (exact) mass is 1030 g/mol. The van der Waals surface area contributed by atoms with Crippen molar-refractivity contribution in [2.45, 2.75) is 168 Å². The second-order valence-electron chi connectivity index (χ2n) is 24.2. The normalized spacial score (nSPS) is 27.5. The summed E-state index contributed by atoms with van der Waals surface area (Å²) in [4.78, 5) is 53.7. The second kappa shape index (κ2) is 24.8. The number of unbranched alkanes of at least 4 members (excludes halogenated alkanes) is 2. The second-order valence-corrected chi connectivity index (χ2v) is 24.2. The number of rotatable bonds is 23. The molecule has 10 atom stereocenters. The van der Waals surface area contributed by atoms with Crippen LogP contribution in [0.1, 0.15) is 167 Å². The highest BCUT2D eigenvalue weighted by atomic mass is 16.6. The van der Waals surface area contributed by atoms with Crippen molar-refractivity contribution in [3.63, 3.8) is 0 Å². The van der Waals surface area contributed by atoms with Crippen molar-refractivity contribution in [1.29, 1.82) is 0 Å². The number of allylic oxidation sites excluding steroid dienone is 1. The van der Waals surface area contributed by atoms with Crippen molar-refractivity contribution in [2.75, 3.05) is 33.9 Å². The van der Waals surface area contributed by atoms with Gasteiger partial charge in [-0.25, -0.2) is 4.79 Å². The molecular weight excluding hydrogens is 941 g/mol. The summed E-state index contributed by atoms with van der Waals surface area (Å²) >= 11 is 0. The summed E-state index contributed by atoms with van der Waals surface area (Å²) in [6, 6.07) is 26.2. The Labute approximate surface area is 448 Å². The van der Waals surface area contributed by atoms with Gasteiger partial charge in [0.25, 0.3) is 0 Å². The molecule has 0 aromatic heterocycles. The van der Waals surface area contributed by atoms with Gasteiger partial charge in [-0.3, -0.25) is 14.4 Å². The predicted molar refractivity (Wildman–Crippen MR) is 294 cm³/mol. The Kier molecular flexibility index (Phi) is 18.5. The summed E-state index contributed by atoms with van der Waals surface area (Å²) in [6.45, 7) is 13.5. The van der Waals surface area contributed by atoms with Crippen molar-refractivity contribution in [3.05, 3.63) is 107 Å². The van der Waals surface area contributed by atoms with Gasteiger partial charge in [-0.05, 0) is 152 Å². The zero-order chi connectivity index (χ0) is 53.3. The summed E-state index contributed by atoms with van der Waals surface area (Å²) in [7, 11) is 3.28. The van der Waals surface area contributed by atoms with Gasteiger partial charge in [0.15, 0.2) is 0 Å². The van der Waals surface area contributed by atoms with Gasteiger partial charge in [0, 0.05) is 37.3 Å². The number of carbonyl (C=O) groups is 4. The first-order chi connectivity index (χ1) is 36.1. The lowest BCUT2D eigenvalue weighted by atomic mass is 9.47. The Balaban J connectivity index is 0.843. The van der Waals surface area contributed by atoms with Crippen molar-refractivity contribution in [3.8, 4) is 11.5 Å². The van der Waals surface area contributed by atoms with E-state index in [1.165, 1.54) is 56.9 Å². The molecule has 1 saturated heterocycles. The van der Waals surface area contributed by atoms with Gasteiger partial charge < -0.3 is 34.3 Å². The molecule has 1 aliphatic heterocycles. The number of likely N-dealkylation sites (tertiary alicyclic amines) is 1. The number of alkyl carbamates (subject to hydrolysis) is 1. The molecule has 5 aliphatic rings. The summed E-state index contributed by atoms with van der Waals surface area (Å²) in [5.41, 5.74) is 4.47. The van der Waals surface area contributed by atoms with E-state index in [9.17, 15) is 24.3 Å². The number of nitrogens with zero attached hydrogens (tertiary/aromatic N) is 1. The Morgan fingerprint density at radius 3 is 2.07 bits per heavy atom. The Bertz CT molecular complexity index is 2370. The van der Waals surface area contributed by atoms with E-state index in [0.717, 1.165) is 89.4 Å². The number of fused-ring (bicyclic) bond motifs is 5. The van der Waals surface area contributed by atoms with Crippen LogP contribution in [0.2, 0.25) is 0 Å². The molecule has 3 aromatic rings. The molecule has 75 heavy (non-hydrogen) atoms. The highest BCUT2D eigenvalue weighted by molar-refractivity contribution is 5.78. The van der Waals surface area contributed by atoms with Crippen molar-refractivity contribution in [2.24, 2.45) is 52.3 Å². The Morgan fingerprint density at radius 2 is 1.41 bits per heavy atom. The zero-order valence-electron chi connectivity index (χ0n) is 46.3. The van der Waals surface area contributed by atoms with Crippen LogP contribution in [0, 0.1) is 52.3 Å². The molecule has 3 saturated carbocycles. The molecule has 0 radical (unpaired) electrons. The van der Waals surface area contributed by atoms with E-state index in [4.69, 9.17) is 18.9 Å². The number of ether oxygens (including phenoxy) is 4. The van der Waals surface area contributed by atoms with Gasteiger partial charge in [0.1, 0.15) is 23.7 Å². The maximum Gasteiger partial charge on any atom is 0.407 e. The van der Waals surface area contributed by atoms with E-state index in [1.54, 1.807) is 19.1 Å². The van der Waals surface area contributed by atoms with Crippen LogP contribution in [0.4, 0.5) is 4.79 Å². The van der Waals surface area contributed by atoms with Crippen LogP contribution in [0.5, 0.6) is 11.5 Å². The lowest BCUT2D eigenvalue weighted by Crippen LogP contribution is -2.51. The van der Waals surface area contributed by atoms with E-state index in [-0.39, 0.29) is 48.8 Å². The summed E-state index contributed by atoms with van der Waals surface area (Å²) in [5.74, 6) is 4.21. The molecule has 11 heteroatoms. The third-order valence-electron chi connectivity index (χ3n) is 19.4. The number of carboxylic acids is 1. The third kappa shape index (κ3) is 12.6. The van der Waals surface area contributed by atoms with Crippen LogP contribution in [0.15, 0.2) is 90.5 Å². The molecule has 0 bridgehead atoms. The highest BCUT2D eigenvalue weighted by Crippen LogP contribution is 2.67. The molecule has 2 amide bonds. The Morgan fingerprint density at radius 1 is 0.733 bits per heavy atom. The van der Waals surface area contributed by atoms with Crippen LogP contribution >= 0.6 is 0 Å². The molecule has 2 N–H and O–H groups in total. The van der Waals surface area contributed by atoms with Gasteiger partial charge in [-0.1, -0.05) is 127 Å². The van der Waals surface area contributed by atoms with Crippen molar-refractivity contribution < 1.29 is 43.2 Å². The zero-order valence-corrected chi connectivity index (χ0v) is 46.3. The predicted octanol–water partition coefficient (Wildman–Crippen LogP) is 13.4. The minimum atomic E-state index is -1.08. The minimum Gasteiger partial charge on any atom is -0.497 e. The first-order valence-corrected chi connectivity index (χ1v) is 28.8. The van der Waals surface area contributed by atoms with E-state index < -0.39 is 23.5 Å². The SMILES string of the molecule is COc1ccc(C(CC2CN(C(=O)CCCCCNC(=O)OC3CCC4(C)C(=CCC5C4CCC4(C)C(C(C)CCCC(C)C)CCC54)C3)CC2OC(=O)CCC(=O)O)(c2ccccc2)c2ccc(OC)cc2)cc1. The van der Waals surface area contributed by atoms with Crippen LogP contribution in [0.25, 0.3) is 0 Å². The maximum absolute atomic E-state index is 14.1. The maximum atomic E-state index is 14.1. The Hall–Kier alpha value is -5.32. The number of carboxylic acid groups (broad SMARTS) is 1. The van der Waals surface area contributed by atoms with Crippen LogP contribution in [-0.2, 0) is 29.3 Å². The van der Waals surface area contributed by atoms with Gasteiger partial charge in [-0.15, -0.1) is 0 Å². The summed E-state index contributed by atoms with van der Waals surface area (Å²) in [5, 5.41) is 12.4. The number of hydrogen-bond donors (Lipinski definition) is 2. The highest BCUT2D eigenvalue weighted by Gasteiger charge is 2.59. The number of nitrogens with one attached hydrogen (secondary N) is 1. The average molecular weight is 1030 g/mol. The first-order valence-electron chi connectivity index (χ1n) is 28.8. The molecule has 10 unspecified atom stereocenters. The number of benzene rings is 3. The standard InChI is InChI=1S/C64H88N2O9/c1-43(2)15-14-16-44(3)54-30-31-55-53-29-24-49-39-52(34-36-62(49,4)56(53)35-37-63(54,55)5)74-61(71)65-38-13-9-12-19-58(67)66-41-45(57(42-66)75-60(70)33-32-59(68)69)40-64(46-17-10-8-11-18-46,47-20-25-50(72-6)26-21-47)48-22-27-51(73-7)28-23-48/h8,10-11,17-18,20-28,43-45,52-57H,9,12-16,19,29-42H2,1-7H3,(H,65,71)(H,68,69). The fourth-order valence-electron chi connectivity index (χ4n) is 15.4. The van der Waals surface area contributed by atoms with Gasteiger partial charge in [-0.2, -0.15) is 0 Å². The summed E-state index contributed by atoms with van der Waals surface area (Å²) in [6.07, 6.45) is 17.3. The number of aliphatic carboxylic acids is 1. The smallest absolute Gasteiger partial charge is 0.407 e. The quantitative estimate of drug-likeness (QED) is 0.0411. The number of amides is 2. The lowest BCUT2D eigenvalue weighted by molar-refractivity contribution is -0.153. The van der Waals surface area contributed by atoms with Crippen LogP contribution in [0.3, 0.4) is 0 Å². The van der Waals surface area contributed by atoms with Crippen LogP contribution < -0.4 is 14.8 Å². The van der Waals surface area contributed by atoms with Gasteiger partial charge in [0.2, 0.25) is 5.91 Å². The molecule has 4 aliphatic carbocycles. The topological polar surface area (TPSA) is 141 Å². The molecule has 1 heterocycles. The van der Waals surface area contributed by atoms with Gasteiger partial charge >= 0.3 is 18.0 Å². The lowest BCUT2D eigenvalue weighted by Gasteiger charge is -2.58. The van der Waals surface area contributed by atoms with E-state index >= 15 is 0 Å². The van der Waals surface area contributed by atoms with Crippen molar-refractivity contribution in [1.82, 2.24) is 10.2 Å². The molecule has 0 spiro atoms. The third-order valence-corrected chi connectivity index (χ3v) is 19.4. The van der Waals surface area contributed by atoms with E-state index in [2.05, 4.69) is 82.4 Å². The molecular formula is C64H88N2O9. The number of methoxy groups -OCH3 is 2. The van der Waals surface area contributed by atoms with Crippen LogP contribution in [-0.4, -0.2) is 80.0 Å². The summed E-state index contributed by atoms with van der Waals surface area (Å²) < 4.78 is 23.3. The molecule has 3 aromatic carbocycles. The molecule has 8 rings (SSSR count). The molecule has 4 fully saturated rings. The van der Waals surface area contributed by atoms with Gasteiger partial charge in [0.05, 0.1) is 33.6 Å². The fraction of sp³-hybridized carbons (Fsp3) is 0.625. The number of carbonyl (C=O) groups excluding carboxylic acids is 3. The largest absolute Gasteiger partial charge is 0.497 e. The van der Waals surface area contributed by atoms with Crippen molar-refractivity contribution >= 4 is 23.9 Å². The van der Waals surface area contributed by atoms with E-state index in [1.807, 2.05) is 42.5 Å².